The van der Waals surface area contributed by atoms with Gasteiger partial charge in [0.15, 0.2) is 0 Å². The molecule has 22 heavy (non-hydrogen) atoms. The highest BCUT2D eigenvalue weighted by molar-refractivity contribution is 6.30. The van der Waals surface area contributed by atoms with E-state index in [4.69, 9.17) is 16.9 Å². The van der Waals surface area contributed by atoms with Crippen molar-refractivity contribution in [2.45, 2.75) is 6.18 Å². The standard InChI is InChI=1S/C16H8ClF4N/c17-12-5-6-15(18)13(8-12)11(9-22)7-10-3-1-2-4-14(10)16(19,20)21/h1-8H/b11-7+. The van der Waals surface area contributed by atoms with Gasteiger partial charge in [-0.25, -0.2) is 4.39 Å². The molecule has 0 bridgehead atoms. The van der Waals surface area contributed by atoms with Crippen LogP contribution in [-0.2, 0) is 6.18 Å². The van der Waals surface area contributed by atoms with Crippen LogP contribution in [0.1, 0.15) is 16.7 Å². The van der Waals surface area contributed by atoms with Crippen LogP contribution < -0.4 is 0 Å². The maximum atomic E-state index is 13.8. The number of nitrogens with zero attached hydrogens (tertiary/aromatic N) is 1. The molecule has 0 heterocycles. The summed E-state index contributed by atoms with van der Waals surface area (Å²) in [6.07, 6.45) is -3.57. The fraction of sp³-hybridized carbons (Fsp3) is 0.0625. The minimum Gasteiger partial charge on any atom is -0.206 e. The minimum atomic E-state index is -4.57. The van der Waals surface area contributed by atoms with Crippen LogP contribution >= 0.6 is 11.6 Å². The number of nitriles is 1. The fourth-order valence-electron chi connectivity index (χ4n) is 1.91. The molecule has 0 saturated carbocycles. The van der Waals surface area contributed by atoms with Gasteiger partial charge in [-0.15, -0.1) is 0 Å². The monoisotopic (exact) mass is 325 g/mol. The van der Waals surface area contributed by atoms with Gasteiger partial charge in [-0.3, -0.25) is 0 Å². The summed E-state index contributed by atoms with van der Waals surface area (Å²) in [4.78, 5) is 0. The molecule has 2 aromatic rings. The Labute approximate surface area is 129 Å². The first-order valence-electron chi connectivity index (χ1n) is 6.06. The van der Waals surface area contributed by atoms with Gasteiger partial charge in [0.1, 0.15) is 5.82 Å². The van der Waals surface area contributed by atoms with E-state index < -0.39 is 17.6 Å². The molecule has 2 rings (SSSR count). The highest BCUT2D eigenvalue weighted by Gasteiger charge is 2.32. The molecule has 0 aliphatic carbocycles. The summed E-state index contributed by atoms with van der Waals surface area (Å²) in [5, 5.41) is 9.32. The first-order valence-corrected chi connectivity index (χ1v) is 6.44. The summed E-state index contributed by atoms with van der Waals surface area (Å²) in [5.74, 6) is -0.735. The Hall–Kier alpha value is -2.32. The molecular weight excluding hydrogens is 318 g/mol. The second kappa shape index (κ2) is 6.20. The zero-order valence-electron chi connectivity index (χ0n) is 11.0. The zero-order valence-corrected chi connectivity index (χ0v) is 11.7. The third-order valence-electron chi connectivity index (χ3n) is 2.91. The molecule has 0 N–H and O–H groups in total. The molecule has 0 aliphatic rings. The maximum Gasteiger partial charge on any atom is 0.416 e. The molecule has 0 fully saturated rings. The molecule has 0 amide bonds. The molecule has 112 valence electrons. The number of rotatable bonds is 2. The number of halogens is 5. The lowest BCUT2D eigenvalue weighted by Gasteiger charge is -2.10. The van der Waals surface area contributed by atoms with E-state index in [0.717, 1.165) is 18.2 Å². The second-order valence-corrected chi connectivity index (χ2v) is 4.82. The van der Waals surface area contributed by atoms with Gasteiger partial charge >= 0.3 is 6.18 Å². The molecule has 2 aromatic carbocycles. The summed E-state index contributed by atoms with van der Waals surface area (Å²) in [6, 6.07) is 10.0. The Balaban J connectivity index is 2.61. The van der Waals surface area contributed by atoms with Crippen molar-refractivity contribution in [3.05, 3.63) is 70.0 Å². The summed E-state index contributed by atoms with van der Waals surface area (Å²) in [6.45, 7) is 0. The van der Waals surface area contributed by atoms with E-state index in [0.29, 0.717) is 0 Å². The lowest BCUT2D eigenvalue weighted by molar-refractivity contribution is -0.137. The van der Waals surface area contributed by atoms with Crippen molar-refractivity contribution in [2.75, 3.05) is 0 Å². The molecular formula is C16H8ClF4N. The molecule has 0 aliphatic heterocycles. The number of benzene rings is 2. The van der Waals surface area contributed by atoms with Crippen LogP contribution in [0, 0.1) is 17.1 Å². The van der Waals surface area contributed by atoms with Gasteiger partial charge in [-0.05, 0) is 35.9 Å². The van der Waals surface area contributed by atoms with Crippen LogP contribution in [0.5, 0.6) is 0 Å². The lowest BCUT2D eigenvalue weighted by atomic mass is 10.00. The Bertz CT molecular complexity index is 772. The fourth-order valence-corrected chi connectivity index (χ4v) is 2.08. The van der Waals surface area contributed by atoms with Crippen LogP contribution in [0.15, 0.2) is 42.5 Å². The van der Waals surface area contributed by atoms with Crippen LogP contribution in [0.25, 0.3) is 11.6 Å². The van der Waals surface area contributed by atoms with E-state index in [1.807, 2.05) is 0 Å². The predicted molar refractivity (Wildman–Crippen MR) is 76.3 cm³/mol. The number of allylic oxidation sites excluding steroid dienone is 1. The van der Waals surface area contributed by atoms with Gasteiger partial charge in [0.2, 0.25) is 0 Å². The highest BCUT2D eigenvalue weighted by atomic mass is 35.5. The van der Waals surface area contributed by atoms with Crippen molar-refractivity contribution >= 4 is 23.3 Å². The van der Waals surface area contributed by atoms with Gasteiger partial charge in [0.05, 0.1) is 17.2 Å². The smallest absolute Gasteiger partial charge is 0.206 e. The van der Waals surface area contributed by atoms with Crippen LogP contribution in [0.3, 0.4) is 0 Å². The largest absolute Gasteiger partial charge is 0.416 e. The molecule has 6 heteroatoms. The van der Waals surface area contributed by atoms with Crippen LogP contribution in [0.2, 0.25) is 5.02 Å². The Morgan fingerprint density at radius 3 is 2.45 bits per heavy atom. The van der Waals surface area contributed by atoms with Crippen molar-refractivity contribution in [3.8, 4) is 6.07 Å². The quantitative estimate of drug-likeness (QED) is 0.403. The number of hydrogen-bond acceptors (Lipinski definition) is 1. The lowest BCUT2D eigenvalue weighted by Crippen LogP contribution is -2.07. The molecule has 1 nitrogen and oxygen atoms in total. The van der Waals surface area contributed by atoms with Crippen molar-refractivity contribution in [3.63, 3.8) is 0 Å². The molecule has 0 spiro atoms. The Morgan fingerprint density at radius 1 is 1.14 bits per heavy atom. The van der Waals surface area contributed by atoms with Gasteiger partial charge in [-0.1, -0.05) is 29.8 Å². The average Bonchev–Trinajstić information content (AvgIpc) is 2.47. The minimum absolute atomic E-state index is 0.146. The molecule has 0 aromatic heterocycles. The number of hydrogen-bond donors (Lipinski definition) is 0. The van der Waals surface area contributed by atoms with Crippen molar-refractivity contribution < 1.29 is 17.6 Å². The van der Waals surface area contributed by atoms with Gasteiger partial charge in [0, 0.05) is 10.6 Å². The van der Waals surface area contributed by atoms with Crippen molar-refractivity contribution in [1.82, 2.24) is 0 Å². The first-order chi connectivity index (χ1) is 10.3. The van der Waals surface area contributed by atoms with Crippen molar-refractivity contribution in [1.29, 1.82) is 5.26 Å². The highest BCUT2D eigenvalue weighted by Crippen LogP contribution is 2.34. The van der Waals surface area contributed by atoms with E-state index in [2.05, 4.69) is 0 Å². The van der Waals surface area contributed by atoms with Gasteiger partial charge in [0.25, 0.3) is 0 Å². The zero-order chi connectivity index (χ0) is 16.3. The molecule has 0 atom stereocenters. The predicted octanol–water partition coefficient (Wildman–Crippen LogP) is 5.56. The summed E-state index contributed by atoms with van der Waals surface area (Å²) >= 11 is 5.74. The van der Waals surface area contributed by atoms with Crippen LogP contribution in [0.4, 0.5) is 17.6 Å². The Kier molecular flexibility index (Phi) is 4.53. The third kappa shape index (κ3) is 3.46. The molecule has 0 saturated heterocycles. The van der Waals surface area contributed by atoms with Crippen molar-refractivity contribution in [2.24, 2.45) is 0 Å². The van der Waals surface area contributed by atoms with E-state index in [1.165, 1.54) is 30.3 Å². The van der Waals surface area contributed by atoms with Crippen LogP contribution in [-0.4, -0.2) is 0 Å². The van der Waals surface area contributed by atoms with E-state index >= 15 is 0 Å². The average molecular weight is 326 g/mol. The first kappa shape index (κ1) is 16.1. The van der Waals surface area contributed by atoms with E-state index in [1.54, 1.807) is 6.07 Å². The molecule has 0 unspecified atom stereocenters. The molecule has 0 radical (unpaired) electrons. The summed E-state index contributed by atoms with van der Waals surface area (Å²) < 4.78 is 52.6. The summed E-state index contributed by atoms with van der Waals surface area (Å²) in [7, 11) is 0. The third-order valence-corrected chi connectivity index (χ3v) is 3.14. The van der Waals surface area contributed by atoms with Gasteiger partial charge in [-0.2, -0.15) is 18.4 Å². The topological polar surface area (TPSA) is 23.8 Å². The van der Waals surface area contributed by atoms with E-state index in [-0.39, 0.29) is 21.7 Å². The SMILES string of the molecule is N#C/C(=C\c1ccccc1C(F)(F)F)c1cc(Cl)ccc1F. The number of alkyl halides is 3. The summed E-state index contributed by atoms with van der Waals surface area (Å²) in [5.41, 5.74) is -1.50. The second-order valence-electron chi connectivity index (χ2n) is 4.38. The van der Waals surface area contributed by atoms with Gasteiger partial charge < -0.3 is 0 Å². The van der Waals surface area contributed by atoms with E-state index in [9.17, 15) is 17.6 Å². The maximum absolute atomic E-state index is 13.8. The normalized spacial score (nSPS) is 12.1. The Morgan fingerprint density at radius 2 is 1.82 bits per heavy atom.